The molecule has 1 heteroatoms. The standard InChI is InChI=1S/C51H34O/c1-51(2)43-23-12-22-41(50(43)49-35-16-4-3-13-31(35)25-27-44(49)51)48-39-20-7-5-18-37(39)47(38-19-6-8-21-40(38)48)34-15-11-14-32(29-34)33-26-28-46-42(30-33)36-17-9-10-24-45(36)52-46/h3-30H,1-2H3. The second-order valence-corrected chi connectivity index (χ2v) is 14.8. The molecule has 0 atom stereocenters. The van der Waals surface area contributed by atoms with Gasteiger partial charge in [0.2, 0.25) is 0 Å². The SMILES string of the molecule is CC1(C)c2cccc(-c3c4ccccc4c(-c4cccc(-c5ccc6oc7ccccc7c6c5)c4)c4ccccc34)c2-c2c1ccc1ccccc21. The molecule has 10 aromatic rings. The number of para-hydroxylation sites is 1. The molecule has 1 aliphatic carbocycles. The van der Waals surface area contributed by atoms with Crippen LogP contribution < -0.4 is 0 Å². The van der Waals surface area contributed by atoms with Gasteiger partial charge >= 0.3 is 0 Å². The summed E-state index contributed by atoms with van der Waals surface area (Å²) in [6.07, 6.45) is 0. The van der Waals surface area contributed by atoms with Crippen LogP contribution in [-0.4, -0.2) is 0 Å². The van der Waals surface area contributed by atoms with E-state index in [-0.39, 0.29) is 5.41 Å². The van der Waals surface area contributed by atoms with Crippen molar-refractivity contribution in [2.45, 2.75) is 19.3 Å². The van der Waals surface area contributed by atoms with Crippen LogP contribution in [-0.2, 0) is 5.41 Å². The largest absolute Gasteiger partial charge is 0.456 e. The Labute approximate surface area is 302 Å². The van der Waals surface area contributed by atoms with Crippen LogP contribution in [0.3, 0.4) is 0 Å². The Kier molecular flexibility index (Phi) is 6.08. The summed E-state index contributed by atoms with van der Waals surface area (Å²) >= 11 is 0. The van der Waals surface area contributed by atoms with Crippen LogP contribution in [0, 0.1) is 0 Å². The monoisotopic (exact) mass is 662 g/mol. The van der Waals surface area contributed by atoms with Crippen LogP contribution in [0.4, 0.5) is 0 Å². The van der Waals surface area contributed by atoms with E-state index in [1.54, 1.807) is 0 Å². The van der Waals surface area contributed by atoms with Crippen LogP contribution in [0.2, 0.25) is 0 Å². The maximum Gasteiger partial charge on any atom is 0.135 e. The molecule has 1 aromatic heterocycles. The Morgan fingerprint density at radius 1 is 0.346 bits per heavy atom. The highest BCUT2D eigenvalue weighted by Crippen LogP contribution is 2.56. The van der Waals surface area contributed by atoms with Crippen molar-refractivity contribution in [2.24, 2.45) is 0 Å². The molecule has 0 radical (unpaired) electrons. The summed E-state index contributed by atoms with van der Waals surface area (Å²) in [4.78, 5) is 0. The summed E-state index contributed by atoms with van der Waals surface area (Å²) in [5.41, 5.74) is 14.7. The Bertz CT molecular complexity index is 3040. The number of furan rings is 1. The summed E-state index contributed by atoms with van der Waals surface area (Å²) in [7, 11) is 0. The molecule has 0 unspecified atom stereocenters. The number of fused-ring (bicyclic) bond motifs is 10. The van der Waals surface area contributed by atoms with Crippen molar-refractivity contribution in [3.63, 3.8) is 0 Å². The fourth-order valence-electron chi connectivity index (χ4n) is 9.25. The minimum atomic E-state index is -0.109. The fraction of sp³-hybridized carbons (Fsp3) is 0.0588. The van der Waals surface area contributed by atoms with Gasteiger partial charge in [-0.05, 0) is 112 Å². The van der Waals surface area contributed by atoms with Gasteiger partial charge in [-0.1, -0.05) is 159 Å². The van der Waals surface area contributed by atoms with Gasteiger partial charge in [0.05, 0.1) is 0 Å². The van der Waals surface area contributed by atoms with Crippen molar-refractivity contribution in [2.75, 3.05) is 0 Å². The molecule has 0 spiro atoms. The average Bonchev–Trinajstić information content (AvgIpc) is 3.68. The lowest BCUT2D eigenvalue weighted by Crippen LogP contribution is -2.14. The molecular formula is C51H34O. The lowest BCUT2D eigenvalue weighted by atomic mass is 9.80. The van der Waals surface area contributed by atoms with Gasteiger partial charge in [0, 0.05) is 16.2 Å². The summed E-state index contributed by atoms with van der Waals surface area (Å²) in [6.45, 7) is 4.77. The van der Waals surface area contributed by atoms with Crippen molar-refractivity contribution in [1.29, 1.82) is 0 Å². The Morgan fingerprint density at radius 2 is 0.923 bits per heavy atom. The first kappa shape index (κ1) is 29.3. The highest BCUT2D eigenvalue weighted by atomic mass is 16.3. The third-order valence-corrected chi connectivity index (χ3v) is 11.7. The quantitative estimate of drug-likeness (QED) is 0.172. The van der Waals surface area contributed by atoms with Crippen molar-refractivity contribution in [1.82, 2.24) is 0 Å². The highest BCUT2D eigenvalue weighted by Gasteiger charge is 2.38. The smallest absolute Gasteiger partial charge is 0.135 e. The number of hydrogen-bond acceptors (Lipinski definition) is 1. The van der Waals surface area contributed by atoms with Crippen molar-refractivity contribution in [3.8, 4) is 44.5 Å². The van der Waals surface area contributed by atoms with Crippen molar-refractivity contribution >= 4 is 54.3 Å². The number of benzene rings is 9. The third-order valence-electron chi connectivity index (χ3n) is 11.7. The van der Waals surface area contributed by atoms with E-state index in [1.165, 1.54) is 88.0 Å². The first-order chi connectivity index (χ1) is 25.6. The van der Waals surface area contributed by atoms with Crippen LogP contribution in [0.25, 0.3) is 98.8 Å². The van der Waals surface area contributed by atoms with Gasteiger partial charge in [-0.3, -0.25) is 0 Å². The van der Waals surface area contributed by atoms with Crippen molar-refractivity contribution < 1.29 is 4.42 Å². The average molecular weight is 663 g/mol. The minimum Gasteiger partial charge on any atom is -0.456 e. The maximum atomic E-state index is 6.16. The van der Waals surface area contributed by atoms with Gasteiger partial charge in [-0.25, -0.2) is 0 Å². The van der Waals surface area contributed by atoms with Crippen LogP contribution in [0.15, 0.2) is 174 Å². The molecule has 52 heavy (non-hydrogen) atoms. The normalized spacial score (nSPS) is 13.3. The van der Waals surface area contributed by atoms with E-state index in [2.05, 4.69) is 172 Å². The van der Waals surface area contributed by atoms with Crippen LogP contribution in [0.1, 0.15) is 25.0 Å². The molecule has 1 aliphatic rings. The zero-order valence-electron chi connectivity index (χ0n) is 29.1. The van der Waals surface area contributed by atoms with E-state index in [0.29, 0.717) is 0 Å². The predicted molar refractivity (Wildman–Crippen MR) is 220 cm³/mol. The van der Waals surface area contributed by atoms with E-state index in [0.717, 1.165) is 21.9 Å². The van der Waals surface area contributed by atoms with E-state index < -0.39 is 0 Å². The summed E-state index contributed by atoms with van der Waals surface area (Å²) in [6, 6.07) is 62.5. The summed E-state index contributed by atoms with van der Waals surface area (Å²) in [5, 5.41) is 9.96. The molecule has 0 saturated carbocycles. The van der Waals surface area contributed by atoms with Gasteiger partial charge in [-0.15, -0.1) is 0 Å². The van der Waals surface area contributed by atoms with Gasteiger partial charge < -0.3 is 4.42 Å². The molecule has 0 saturated heterocycles. The lowest BCUT2D eigenvalue weighted by molar-refractivity contribution is 0.661. The summed E-state index contributed by atoms with van der Waals surface area (Å²) in [5.74, 6) is 0. The first-order valence-corrected chi connectivity index (χ1v) is 18.2. The molecule has 244 valence electrons. The molecule has 1 heterocycles. The molecule has 0 aliphatic heterocycles. The molecule has 1 nitrogen and oxygen atoms in total. The number of hydrogen-bond donors (Lipinski definition) is 0. The van der Waals surface area contributed by atoms with Gasteiger partial charge in [0.1, 0.15) is 11.2 Å². The zero-order chi connectivity index (χ0) is 34.6. The van der Waals surface area contributed by atoms with Crippen LogP contribution in [0.5, 0.6) is 0 Å². The maximum absolute atomic E-state index is 6.16. The second-order valence-electron chi connectivity index (χ2n) is 14.8. The van der Waals surface area contributed by atoms with E-state index in [1.807, 2.05) is 12.1 Å². The predicted octanol–water partition coefficient (Wildman–Crippen LogP) is 14.4. The van der Waals surface area contributed by atoms with Crippen LogP contribution >= 0.6 is 0 Å². The van der Waals surface area contributed by atoms with Gasteiger partial charge in [0.15, 0.2) is 0 Å². The molecule has 11 rings (SSSR count). The van der Waals surface area contributed by atoms with Gasteiger partial charge in [-0.2, -0.15) is 0 Å². The zero-order valence-corrected chi connectivity index (χ0v) is 29.1. The molecular weight excluding hydrogens is 629 g/mol. The first-order valence-electron chi connectivity index (χ1n) is 18.2. The van der Waals surface area contributed by atoms with Gasteiger partial charge in [0.25, 0.3) is 0 Å². The van der Waals surface area contributed by atoms with Crippen molar-refractivity contribution in [3.05, 3.63) is 181 Å². The minimum absolute atomic E-state index is 0.109. The Morgan fingerprint density at radius 3 is 1.69 bits per heavy atom. The summed E-state index contributed by atoms with van der Waals surface area (Å²) < 4.78 is 6.16. The Hall–Kier alpha value is -6.44. The molecule has 0 N–H and O–H groups in total. The van der Waals surface area contributed by atoms with E-state index in [4.69, 9.17) is 4.42 Å². The molecule has 0 fully saturated rings. The third kappa shape index (κ3) is 4.05. The topological polar surface area (TPSA) is 13.1 Å². The molecule has 0 amide bonds. The van der Waals surface area contributed by atoms with E-state index in [9.17, 15) is 0 Å². The highest BCUT2D eigenvalue weighted by molar-refractivity contribution is 6.23. The molecule has 0 bridgehead atoms. The number of rotatable bonds is 3. The Balaban J connectivity index is 1.17. The van der Waals surface area contributed by atoms with E-state index >= 15 is 0 Å². The fourth-order valence-corrected chi connectivity index (χ4v) is 9.25. The molecule has 9 aromatic carbocycles. The lowest BCUT2D eigenvalue weighted by Gasteiger charge is -2.22. The second kappa shape index (κ2) is 10.8.